The maximum atomic E-state index is 13.6. The lowest BCUT2D eigenvalue weighted by Crippen LogP contribution is -2.45. The summed E-state index contributed by atoms with van der Waals surface area (Å²) in [4.78, 5) is 17.8. The molecule has 6 rings (SSSR count). The molecule has 1 aliphatic heterocycles. The number of halogens is 2. The van der Waals surface area contributed by atoms with Gasteiger partial charge < -0.3 is 24.5 Å². The summed E-state index contributed by atoms with van der Waals surface area (Å²) < 4.78 is 43.7. The van der Waals surface area contributed by atoms with Crippen molar-refractivity contribution >= 4 is 44.8 Å². The highest BCUT2D eigenvalue weighted by Crippen LogP contribution is 2.39. The van der Waals surface area contributed by atoms with Crippen molar-refractivity contribution in [2.45, 2.75) is 62.4 Å². The van der Waals surface area contributed by atoms with Crippen LogP contribution in [0.15, 0.2) is 114 Å². The zero-order valence-electron chi connectivity index (χ0n) is 27.1. The van der Waals surface area contributed by atoms with Crippen molar-refractivity contribution in [1.29, 1.82) is 0 Å². The summed E-state index contributed by atoms with van der Waals surface area (Å²) in [6.45, 7) is 2.20. The summed E-state index contributed by atoms with van der Waals surface area (Å²) in [6, 6.07) is 29.2. The second kappa shape index (κ2) is 15.9. The Morgan fingerprint density at radius 1 is 0.920 bits per heavy atom. The number of amides is 1. The zero-order chi connectivity index (χ0) is 35.3. The van der Waals surface area contributed by atoms with Crippen molar-refractivity contribution in [1.82, 2.24) is 14.3 Å². The van der Waals surface area contributed by atoms with Gasteiger partial charge in [-0.05, 0) is 54.3 Å². The molecule has 1 aromatic heterocycles. The van der Waals surface area contributed by atoms with E-state index < -0.39 is 28.3 Å². The number of aliphatic hydroxyl groups is 1. The normalized spacial score (nSPS) is 18.4. The number of hydrogen-bond acceptors (Lipinski definition) is 7. The first-order chi connectivity index (χ1) is 24.1. The molecule has 2 heterocycles. The number of aliphatic hydroxyl groups excluding tert-OH is 1. The number of nitrogens with one attached hydrogen (secondary N) is 2. The molecule has 5 aromatic rings. The molecule has 1 amide bonds. The number of aryl methyl sites for hydroxylation is 1. The van der Waals surface area contributed by atoms with Crippen molar-refractivity contribution in [2.75, 3.05) is 5.32 Å². The molecule has 0 bridgehead atoms. The number of imidazole rings is 1. The molecular weight excluding hydrogens is 699 g/mol. The van der Waals surface area contributed by atoms with Gasteiger partial charge in [-0.1, -0.05) is 108 Å². The van der Waals surface area contributed by atoms with E-state index in [2.05, 4.69) is 15.0 Å². The number of aromatic nitrogens is 2. The predicted octanol–water partition coefficient (Wildman–Crippen LogP) is 6.76. The standard InChI is InChI=1S/C37H36Cl2N4O6S/c1-24-7-17-31(18-8-24)50(46,47)42-32(19-25-5-3-2-4-6-25)36(45)41-29-15-13-28(14-16-29)37-48-30(21-43-23-40-34(38)35(43)39)20-33(49-37)27-11-9-26(22-44)10-12-27/h2-18,23,30,32-33,37,42,44H,19-22H2,1H3,(H,41,45). The number of anilines is 1. The van der Waals surface area contributed by atoms with Gasteiger partial charge in [-0.25, -0.2) is 13.4 Å². The van der Waals surface area contributed by atoms with Crippen LogP contribution in [0.25, 0.3) is 0 Å². The smallest absolute Gasteiger partial charge is 0.242 e. The molecule has 0 aliphatic carbocycles. The highest BCUT2D eigenvalue weighted by Gasteiger charge is 2.33. The van der Waals surface area contributed by atoms with Crippen LogP contribution in [0.1, 0.15) is 46.6 Å². The molecule has 1 fully saturated rings. The summed E-state index contributed by atoms with van der Waals surface area (Å²) in [6.07, 6.45) is 0.825. The maximum absolute atomic E-state index is 13.6. The first-order valence-corrected chi connectivity index (χ1v) is 18.2. The molecule has 0 spiro atoms. The molecule has 13 heteroatoms. The van der Waals surface area contributed by atoms with E-state index in [1.54, 1.807) is 47.3 Å². The van der Waals surface area contributed by atoms with Crippen LogP contribution in [0.4, 0.5) is 5.69 Å². The molecule has 4 atom stereocenters. The molecule has 1 saturated heterocycles. The Kier molecular flexibility index (Phi) is 11.3. The lowest BCUT2D eigenvalue weighted by molar-refractivity contribution is -0.252. The minimum absolute atomic E-state index is 0.0609. The lowest BCUT2D eigenvalue weighted by atomic mass is 10.00. The molecular formula is C37H36Cl2N4O6S. The van der Waals surface area contributed by atoms with E-state index in [0.29, 0.717) is 29.4 Å². The Morgan fingerprint density at radius 3 is 2.24 bits per heavy atom. The van der Waals surface area contributed by atoms with Crippen LogP contribution >= 0.6 is 23.2 Å². The molecule has 3 N–H and O–H groups in total. The number of sulfonamides is 1. The number of nitrogens with zero attached hydrogens (tertiary/aromatic N) is 2. The van der Waals surface area contributed by atoms with Gasteiger partial charge >= 0.3 is 0 Å². The molecule has 0 saturated carbocycles. The minimum atomic E-state index is -3.99. The van der Waals surface area contributed by atoms with Crippen molar-refractivity contribution in [3.05, 3.63) is 148 Å². The van der Waals surface area contributed by atoms with E-state index in [4.69, 9.17) is 32.7 Å². The molecule has 4 unspecified atom stereocenters. The van der Waals surface area contributed by atoms with Gasteiger partial charge in [0.15, 0.2) is 11.4 Å². The molecule has 4 aromatic carbocycles. The number of hydrogen-bond donors (Lipinski definition) is 3. The van der Waals surface area contributed by atoms with E-state index in [1.807, 2.05) is 61.5 Å². The van der Waals surface area contributed by atoms with Crippen molar-refractivity contribution in [3.8, 4) is 0 Å². The monoisotopic (exact) mass is 734 g/mol. The van der Waals surface area contributed by atoms with Crippen LogP contribution in [0.2, 0.25) is 10.3 Å². The fraction of sp³-hybridized carbons (Fsp3) is 0.243. The average molecular weight is 736 g/mol. The summed E-state index contributed by atoms with van der Waals surface area (Å²) in [7, 11) is -3.99. The van der Waals surface area contributed by atoms with E-state index in [9.17, 15) is 18.3 Å². The Bertz CT molecular complexity index is 2010. The van der Waals surface area contributed by atoms with Gasteiger partial charge in [0, 0.05) is 17.7 Å². The second-order valence-electron chi connectivity index (χ2n) is 12.1. The van der Waals surface area contributed by atoms with Crippen LogP contribution in [0.3, 0.4) is 0 Å². The van der Waals surface area contributed by atoms with Crippen LogP contribution < -0.4 is 10.0 Å². The van der Waals surface area contributed by atoms with Crippen molar-refractivity contribution in [2.24, 2.45) is 0 Å². The van der Waals surface area contributed by atoms with Crippen molar-refractivity contribution < 1.29 is 27.8 Å². The van der Waals surface area contributed by atoms with Crippen LogP contribution in [0.5, 0.6) is 0 Å². The van der Waals surface area contributed by atoms with E-state index in [1.165, 1.54) is 12.1 Å². The Balaban J connectivity index is 1.20. The third-order valence-electron chi connectivity index (χ3n) is 8.43. The van der Waals surface area contributed by atoms with Gasteiger partial charge in [-0.2, -0.15) is 4.72 Å². The first-order valence-electron chi connectivity index (χ1n) is 16.0. The third-order valence-corrected chi connectivity index (χ3v) is 10.7. The largest absolute Gasteiger partial charge is 0.392 e. The highest BCUT2D eigenvalue weighted by molar-refractivity contribution is 7.89. The van der Waals surface area contributed by atoms with Gasteiger partial charge in [0.2, 0.25) is 15.9 Å². The van der Waals surface area contributed by atoms with Gasteiger partial charge in [-0.15, -0.1) is 0 Å². The minimum Gasteiger partial charge on any atom is -0.392 e. The number of carbonyl (C=O) groups is 1. The summed E-state index contributed by atoms with van der Waals surface area (Å²) in [5.41, 5.74) is 4.62. The highest BCUT2D eigenvalue weighted by atomic mass is 35.5. The van der Waals surface area contributed by atoms with Gasteiger partial charge in [0.25, 0.3) is 0 Å². The zero-order valence-corrected chi connectivity index (χ0v) is 29.4. The van der Waals surface area contributed by atoms with Crippen LogP contribution in [-0.2, 0) is 43.9 Å². The number of ether oxygens (including phenoxy) is 2. The fourth-order valence-corrected chi connectivity index (χ4v) is 7.19. The average Bonchev–Trinajstić information content (AvgIpc) is 3.44. The number of carbonyl (C=O) groups excluding carboxylic acids is 1. The van der Waals surface area contributed by atoms with Gasteiger partial charge in [-0.3, -0.25) is 4.79 Å². The summed E-state index contributed by atoms with van der Waals surface area (Å²) in [5, 5.41) is 12.9. The van der Waals surface area contributed by atoms with Gasteiger partial charge in [0.05, 0.1) is 36.6 Å². The Morgan fingerprint density at radius 2 is 1.60 bits per heavy atom. The molecule has 10 nitrogen and oxygen atoms in total. The first kappa shape index (κ1) is 35.7. The number of rotatable bonds is 12. The SMILES string of the molecule is Cc1ccc(S(=O)(=O)NC(Cc2ccccc2)C(=O)Nc2ccc(C3OC(Cn4cnc(Cl)c4Cl)CC(c4ccc(CO)cc4)O3)cc2)cc1. The topological polar surface area (TPSA) is 132 Å². The van der Waals surface area contributed by atoms with Crippen LogP contribution in [-0.4, -0.2) is 41.1 Å². The Labute approximate surface area is 301 Å². The maximum Gasteiger partial charge on any atom is 0.242 e. The fourth-order valence-electron chi connectivity index (χ4n) is 5.69. The summed E-state index contributed by atoms with van der Waals surface area (Å²) >= 11 is 12.4. The molecule has 260 valence electrons. The predicted molar refractivity (Wildman–Crippen MR) is 191 cm³/mol. The van der Waals surface area contributed by atoms with Gasteiger partial charge in [0.1, 0.15) is 11.2 Å². The summed E-state index contributed by atoms with van der Waals surface area (Å²) in [5.74, 6) is -0.509. The Hall–Kier alpha value is -4.07. The van der Waals surface area contributed by atoms with Crippen molar-refractivity contribution in [3.63, 3.8) is 0 Å². The molecule has 1 aliphatic rings. The number of benzene rings is 4. The molecule has 50 heavy (non-hydrogen) atoms. The lowest BCUT2D eigenvalue weighted by Gasteiger charge is -2.36. The van der Waals surface area contributed by atoms with E-state index >= 15 is 0 Å². The van der Waals surface area contributed by atoms with Crippen LogP contribution in [0, 0.1) is 6.92 Å². The molecule has 0 radical (unpaired) electrons. The second-order valence-corrected chi connectivity index (χ2v) is 14.5. The third kappa shape index (κ3) is 8.80. The van der Waals surface area contributed by atoms with E-state index in [0.717, 1.165) is 22.3 Å². The quantitative estimate of drug-likeness (QED) is 0.129. The van der Waals surface area contributed by atoms with E-state index in [-0.39, 0.29) is 35.3 Å².